The summed E-state index contributed by atoms with van der Waals surface area (Å²) in [5.41, 5.74) is -1.74. The van der Waals surface area contributed by atoms with Crippen LogP contribution in [0.15, 0.2) is 64.6 Å². The van der Waals surface area contributed by atoms with Crippen LogP contribution in [-0.2, 0) is 11.3 Å². The number of rotatable bonds is 7. The molecule has 0 aliphatic carbocycles. The average molecular weight is 588 g/mol. The number of carbonyl (C=O) groups is 1. The van der Waals surface area contributed by atoms with E-state index in [1.807, 2.05) is 0 Å². The van der Waals surface area contributed by atoms with Crippen molar-refractivity contribution in [2.75, 3.05) is 0 Å². The maximum atomic E-state index is 14.7. The zero-order valence-electron chi connectivity index (χ0n) is 18.7. The molecule has 1 atom stereocenters. The summed E-state index contributed by atoms with van der Waals surface area (Å²) in [4.78, 5) is 14.5. The highest BCUT2D eigenvalue weighted by Crippen LogP contribution is 2.58. The van der Waals surface area contributed by atoms with E-state index in [-0.39, 0.29) is 17.8 Å². The minimum atomic E-state index is -7.03. The minimum absolute atomic E-state index is 0.0700. The molecule has 1 heterocycles. The van der Waals surface area contributed by atoms with E-state index in [1.165, 1.54) is 19.1 Å². The molecule has 0 N–H and O–H groups in total. The van der Waals surface area contributed by atoms with E-state index in [4.69, 9.17) is 0 Å². The summed E-state index contributed by atoms with van der Waals surface area (Å²) in [5.74, 6) is -20.9. The Bertz CT molecular complexity index is 1160. The van der Waals surface area contributed by atoms with Crippen molar-refractivity contribution in [3.8, 4) is 0 Å². The molecule has 12 heteroatoms. The second-order valence-corrected chi connectivity index (χ2v) is 9.63. The number of hydrogen-bond donors (Lipinski definition) is 0. The van der Waals surface area contributed by atoms with Gasteiger partial charge in [0.25, 0.3) is 0 Å². The first-order valence-corrected chi connectivity index (χ1v) is 11.2. The summed E-state index contributed by atoms with van der Waals surface area (Å²) in [5, 5.41) is 0. The number of nitrogens with zero attached hydrogens (tertiary/aromatic N) is 1. The molecule has 36 heavy (non-hydrogen) atoms. The molecule has 0 bridgehead atoms. The van der Waals surface area contributed by atoms with E-state index in [1.54, 1.807) is 42.5 Å². The molecule has 0 spiro atoms. The van der Waals surface area contributed by atoms with Crippen LogP contribution in [0.1, 0.15) is 31.4 Å². The van der Waals surface area contributed by atoms with Crippen molar-refractivity contribution < 1.29 is 44.3 Å². The van der Waals surface area contributed by atoms with Gasteiger partial charge in [0.2, 0.25) is 5.91 Å². The van der Waals surface area contributed by atoms with Gasteiger partial charge in [0, 0.05) is 10.9 Å². The molecule has 0 saturated carbocycles. The first kappa shape index (κ1) is 28.1. The first-order valence-electron chi connectivity index (χ1n) is 10.4. The summed E-state index contributed by atoms with van der Waals surface area (Å²) in [6, 6.07) is 14.4. The van der Waals surface area contributed by atoms with Crippen LogP contribution in [0, 0.1) is 5.41 Å². The Labute approximate surface area is 208 Å². The highest BCUT2D eigenvalue weighted by atomic mass is 79.9. The third-order valence-corrected chi connectivity index (χ3v) is 6.79. The van der Waals surface area contributed by atoms with Crippen molar-refractivity contribution in [2.24, 2.45) is 5.41 Å². The van der Waals surface area contributed by atoms with Crippen molar-refractivity contribution in [3.63, 3.8) is 0 Å². The Hall–Kier alpha value is -2.50. The van der Waals surface area contributed by atoms with E-state index in [9.17, 15) is 44.3 Å². The smallest absolute Gasteiger partial charge is 0.307 e. The van der Waals surface area contributed by atoms with Crippen LogP contribution in [0.25, 0.3) is 5.70 Å². The molecule has 2 aromatic carbocycles. The van der Waals surface area contributed by atoms with Crippen molar-refractivity contribution >= 4 is 27.5 Å². The zero-order chi connectivity index (χ0) is 27.3. The van der Waals surface area contributed by atoms with Gasteiger partial charge >= 0.3 is 23.9 Å². The van der Waals surface area contributed by atoms with Crippen LogP contribution >= 0.6 is 15.9 Å². The normalized spacial score (nSPS) is 19.9. The Morgan fingerprint density at radius 1 is 0.833 bits per heavy atom. The zero-order valence-corrected chi connectivity index (χ0v) is 20.3. The summed E-state index contributed by atoms with van der Waals surface area (Å²) < 4.78 is 123. The lowest BCUT2D eigenvalue weighted by Crippen LogP contribution is -2.62. The third-order valence-electron chi connectivity index (χ3n) is 6.26. The number of benzene rings is 2. The topological polar surface area (TPSA) is 20.3 Å². The van der Waals surface area contributed by atoms with Gasteiger partial charge in [0.15, 0.2) is 0 Å². The highest BCUT2D eigenvalue weighted by molar-refractivity contribution is 9.10. The summed E-state index contributed by atoms with van der Waals surface area (Å²) in [6.07, 6.45) is -9.21. The van der Waals surface area contributed by atoms with Gasteiger partial charge in [-0.05, 0) is 42.7 Å². The molecule has 1 unspecified atom stereocenters. The molecule has 1 amide bonds. The molecule has 0 aromatic heterocycles. The number of hydrogen-bond acceptors (Lipinski definition) is 1. The SMILES string of the molecule is CC1=C(c2ccc(Br)cc2)N(Cc2ccccc2)C(=O)C1(C)CC(F)(F)C(F)(F)C(F)(F)C(F)(F)F. The molecule has 196 valence electrons. The van der Waals surface area contributed by atoms with Crippen LogP contribution < -0.4 is 0 Å². The van der Waals surface area contributed by atoms with Crippen LogP contribution in [0.4, 0.5) is 39.5 Å². The number of carbonyl (C=O) groups excluding carboxylic acids is 1. The second kappa shape index (κ2) is 9.11. The molecule has 0 radical (unpaired) electrons. The van der Waals surface area contributed by atoms with Crippen molar-refractivity contribution in [1.29, 1.82) is 0 Å². The highest BCUT2D eigenvalue weighted by Gasteiger charge is 2.82. The Kier molecular flexibility index (Phi) is 7.10. The molecular weight excluding hydrogens is 569 g/mol. The molecular formula is C24H19BrF9NO. The fraction of sp³-hybridized carbons (Fsp3) is 0.375. The maximum Gasteiger partial charge on any atom is 0.460 e. The summed E-state index contributed by atoms with van der Waals surface area (Å²) in [7, 11) is 0. The molecule has 0 fully saturated rings. The van der Waals surface area contributed by atoms with Gasteiger partial charge in [-0.15, -0.1) is 0 Å². The Morgan fingerprint density at radius 3 is 1.86 bits per heavy atom. The second-order valence-electron chi connectivity index (χ2n) is 8.72. The van der Waals surface area contributed by atoms with Crippen LogP contribution in [0.2, 0.25) is 0 Å². The Balaban J connectivity index is 2.12. The summed E-state index contributed by atoms with van der Waals surface area (Å²) in [6.45, 7) is 1.85. The quantitative estimate of drug-likeness (QED) is 0.300. The van der Waals surface area contributed by atoms with E-state index < -0.39 is 41.7 Å². The van der Waals surface area contributed by atoms with Gasteiger partial charge in [-0.25, -0.2) is 0 Å². The fourth-order valence-electron chi connectivity index (χ4n) is 4.09. The first-order chi connectivity index (χ1) is 16.4. The maximum absolute atomic E-state index is 14.7. The van der Waals surface area contributed by atoms with Crippen molar-refractivity contribution in [3.05, 3.63) is 75.8 Å². The number of alkyl halides is 9. The number of halogens is 10. The largest absolute Gasteiger partial charge is 0.460 e. The summed E-state index contributed by atoms with van der Waals surface area (Å²) >= 11 is 3.23. The van der Waals surface area contributed by atoms with Gasteiger partial charge < -0.3 is 4.90 Å². The van der Waals surface area contributed by atoms with E-state index in [2.05, 4.69) is 15.9 Å². The average Bonchev–Trinajstić information content (AvgIpc) is 2.94. The van der Waals surface area contributed by atoms with E-state index in [0.717, 1.165) is 11.8 Å². The lowest BCUT2D eigenvalue weighted by atomic mass is 9.76. The minimum Gasteiger partial charge on any atom is -0.307 e. The van der Waals surface area contributed by atoms with E-state index in [0.29, 0.717) is 15.6 Å². The van der Waals surface area contributed by atoms with Crippen molar-refractivity contribution in [2.45, 2.75) is 50.8 Å². The monoisotopic (exact) mass is 587 g/mol. The molecule has 2 aromatic rings. The third kappa shape index (κ3) is 4.52. The van der Waals surface area contributed by atoms with Gasteiger partial charge in [0.1, 0.15) is 0 Å². The van der Waals surface area contributed by atoms with Crippen LogP contribution in [0.5, 0.6) is 0 Å². The molecule has 2 nitrogen and oxygen atoms in total. The molecule has 1 aliphatic heterocycles. The molecule has 1 aliphatic rings. The molecule has 3 rings (SSSR count). The lowest BCUT2D eigenvalue weighted by molar-refractivity contribution is -0.398. The van der Waals surface area contributed by atoms with Gasteiger partial charge in [-0.3, -0.25) is 4.79 Å². The van der Waals surface area contributed by atoms with Crippen LogP contribution in [0.3, 0.4) is 0 Å². The standard InChI is InChI=1S/C24H19BrF9NO/c1-14-18(16-8-10-17(25)11-9-16)35(12-15-6-4-3-5-7-15)19(36)20(14,2)13-21(26,27)22(28,29)23(30,31)24(32,33)34/h3-11H,12-13H2,1-2H3. The lowest BCUT2D eigenvalue weighted by Gasteiger charge is -2.37. The van der Waals surface area contributed by atoms with Crippen LogP contribution in [-0.4, -0.2) is 34.8 Å². The van der Waals surface area contributed by atoms with Crippen molar-refractivity contribution in [1.82, 2.24) is 4.90 Å². The predicted molar refractivity (Wildman–Crippen MR) is 117 cm³/mol. The van der Waals surface area contributed by atoms with E-state index >= 15 is 0 Å². The fourth-order valence-corrected chi connectivity index (χ4v) is 4.36. The Morgan fingerprint density at radius 2 is 1.36 bits per heavy atom. The van der Waals surface area contributed by atoms with Gasteiger partial charge in [0.05, 0.1) is 17.7 Å². The molecule has 0 saturated heterocycles. The predicted octanol–water partition coefficient (Wildman–Crippen LogP) is 8.09. The number of amides is 1. The van der Waals surface area contributed by atoms with Gasteiger partial charge in [-0.1, -0.05) is 58.4 Å². The van der Waals surface area contributed by atoms with Gasteiger partial charge in [-0.2, -0.15) is 39.5 Å².